The first-order valence-electron chi connectivity index (χ1n) is 8.53. The Morgan fingerprint density at radius 1 is 1.24 bits per heavy atom. The summed E-state index contributed by atoms with van der Waals surface area (Å²) in [5.74, 6) is -0.129. The second kappa shape index (κ2) is 8.92. The van der Waals surface area contributed by atoms with Gasteiger partial charge in [-0.3, -0.25) is 19.5 Å². The van der Waals surface area contributed by atoms with Crippen LogP contribution in [-0.2, 0) is 9.59 Å². The van der Waals surface area contributed by atoms with Gasteiger partial charge in [-0.15, -0.1) is 11.3 Å². The maximum Gasteiger partial charge on any atom is 0.229 e. The molecule has 1 aromatic rings. The van der Waals surface area contributed by atoms with Crippen molar-refractivity contribution >= 4 is 29.5 Å². The second-order valence-corrected chi connectivity index (χ2v) is 7.47. The first-order chi connectivity index (χ1) is 12.0. The van der Waals surface area contributed by atoms with Crippen molar-refractivity contribution in [3.63, 3.8) is 0 Å². The van der Waals surface area contributed by atoms with E-state index < -0.39 is 0 Å². The number of thiophene rings is 1. The molecule has 0 radical (unpaired) electrons. The summed E-state index contributed by atoms with van der Waals surface area (Å²) in [6, 6.07) is 2.25. The molecule has 2 amide bonds. The van der Waals surface area contributed by atoms with E-state index in [2.05, 4.69) is 31.0 Å². The SMILES string of the molecule is CCN.Cc1cc(C2C=CN(CCN3C(=O)CCC3=O)C=N2)c(C)s1. The Morgan fingerprint density at radius 2 is 1.88 bits per heavy atom. The summed E-state index contributed by atoms with van der Waals surface area (Å²) in [5.41, 5.74) is 6.10. The van der Waals surface area contributed by atoms with Crippen LogP contribution in [0.4, 0.5) is 0 Å². The third-order valence-corrected chi connectivity index (χ3v) is 4.95. The molecule has 136 valence electrons. The minimum absolute atomic E-state index is 0.0647. The van der Waals surface area contributed by atoms with Gasteiger partial charge in [0.1, 0.15) is 0 Å². The molecule has 0 bridgehead atoms. The van der Waals surface area contributed by atoms with Gasteiger partial charge in [-0.25, -0.2) is 0 Å². The standard InChI is InChI=1S/C16H19N3O2S.C2H7N/c1-11-9-13(12(2)22-11)14-5-6-18(10-17-14)7-8-19-15(20)3-4-16(19)21;1-2-3/h5-6,9-10,14H,3-4,7-8H2,1-2H3;2-3H2,1H3. The van der Waals surface area contributed by atoms with Crippen molar-refractivity contribution in [1.29, 1.82) is 0 Å². The predicted molar refractivity (Wildman–Crippen MR) is 102 cm³/mol. The summed E-state index contributed by atoms with van der Waals surface area (Å²) >= 11 is 1.79. The number of aryl methyl sites for hydroxylation is 2. The van der Waals surface area contributed by atoms with Crippen LogP contribution in [0.2, 0.25) is 0 Å². The second-order valence-electron chi connectivity index (χ2n) is 6.00. The zero-order chi connectivity index (χ0) is 18.4. The Labute approximate surface area is 153 Å². The van der Waals surface area contributed by atoms with E-state index in [0.717, 1.165) is 6.54 Å². The lowest BCUT2D eigenvalue weighted by Gasteiger charge is -2.23. The fourth-order valence-corrected chi connectivity index (χ4v) is 3.75. The van der Waals surface area contributed by atoms with E-state index in [1.165, 1.54) is 20.2 Å². The highest BCUT2D eigenvalue weighted by atomic mass is 32.1. The summed E-state index contributed by atoms with van der Waals surface area (Å²) in [5, 5.41) is 0. The molecule has 1 aromatic heterocycles. The molecule has 6 nitrogen and oxygen atoms in total. The summed E-state index contributed by atoms with van der Waals surface area (Å²) in [6.07, 6.45) is 6.53. The van der Waals surface area contributed by atoms with Crippen molar-refractivity contribution in [2.75, 3.05) is 19.6 Å². The van der Waals surface area contributed by atoms with E-state index >= 15 is 0 Å². The summed E-state index contributed by atoms with van der Waals surface area (Å²) in [7, 11) is 0. The minimum Gasteiger partial charge on any atom is -0.338 e. The van der Waals surface area contributed by atoms with Crippen LogP contribution >= 0.6 is 11.3 Å². The topological polar surface area (TPSA) is 79.0 Å². The van der Waals surface area contributed by atoms with E-state index in [0.29, 0.717) is 25.9 Å². The number of nitrogens with zero attached hydrogens (tertiary/aromatic N) is 3. The van der Waals surface area contributed by atoms with Gasteiger partial charge < -0.3 is 10.6 Å². The molecule has 7 heteroatoms. The summed E-state index contributed by atoms with van der Waals surface area (Å²) in [4.78, 5) is 33.6. The molecule has 25 heavy (non-hydrogen) atoms. The molecule has 0 aromatic carbocycles. The van der Waals surface area contributed by atoms with Gasteiger partial charge in [0.25, 0.3) is 0 Å². The Morgan fingerprint density at radius 3 is 2.36 bits per heavy atom. The predicted octanol–water partition coefficient (Wildman–Crippen LogP) is 2.38. The van der Waals surface area contributed by atoms with E-state index in [1.54, 1.807) is 17.7 Å². The number of nitrogens with two attached hydrogens (primary N) is 1. The Bertz CT molecular complexity index is 651. The van der Waals surface area contributed by atoms with Gasteiger partial charge in [0.2, 0.25) is 11.8 Å². The first-order valence-corrected chi connectivity index (χ1v) is 9.35. The Balaban J connectivity index is 0.000000701. The minimum atomic E-state index is -0.0647. The van der Waals surface area contributed by atoms with Crippen molar-refractivity contribution in [2.24, 2.45) is 10.7 Å². The Kier molecular flexibility index (Phi) is 6.90. The number of hydrogen-bond acceptors (Lipinski definition) is 6. The first kappa shape index (κ1) is 19.3. The van der Waals surface area contributed by atoms with Gasteiger partial charge in [-0.05, 0) is 38.1 Å². The number of rotatable bonds is 4. The van der Waals surface area contributed by atoms with Gasteiger partial charge in [0.05, 0.1) is 12.4 Å². The number of carbonyl (C=O) groups excluding carboxylic acids is 2. The smallest absolute Gasteiger partial charge is 0.229 e. The fourth-order valence-electron chi connectivity index (χ4n) is 2.79. The van der Waals surface area contributed by atoms with Crippen LogP contribution in [0.5, 0.6) is 0 Å². The van der Waals surface area contributed by atoms with Gasteiger partial charge in [0, 0.05) is 41.9 Å². The zero-order valence-electron chi connectivity index (χ0n) is 15.1. The molecule has 1 atom stereocenters. The quantitative estimate of drug-likeness (QED) is 0.834. The molecule has 3 heterocycles. The highest BCUT2D eigenvalue weighted by molar-refractivity contribution is 7.12. The van der Waals surface area contributed by atoms with Gasteiger partial charge in [-0.2, -0.15) is 0 Å². The molecule has 1 saturated heterocycles. The molecule has 2 N–H and O–H groups in total. The Hall–Kier alpha value is -1.99. The number of amides is 2. The number of aliphatic imine (C=N–C) groups is 1. The average molecular weight is 362 g/mol. The van der Waals surface area contributed by atoms with Crippen molar-refractivity contribution in [3.8, 4) is 0 Å². The normalized spacial score (nSPS) is 19.4. The van der Waals surface area contributed by atoms with Crippen molar-refractivity contribution in [2.45, 2.75) is 39.7 Å². The highest BCUT2D eigenvalue weighted by Gasteiger charge is 2.28. The lowest BCUT2D eigenvalue weighted by molar-refractivity contribution is -0.138. The summed E-state index contributed by atoms with van der Waals surface area (Å²) < 4.78 is 0. The maximum absolute atomic E-state index is 11.6. The van der Waals surface area contributed by atoms with E-state index in [-0.39, 0.29) is 17.9 Å². The molecule has 0 saturated carbocycles. The van der Waals surface area contributed by atoms with Crippen LogP contribution in [0.25, 0.3) is 0 Å². The number of carbonyl (C=O) groups is 2. The van der Waals surface area contributed by atoms with Crippen LogP contribution in [0.1, 0.15) is 41.1 Å². The van der Waals surface area contributed by atoms with Crippen LogP contribution in [0.3, 0.4) is 0 Å². The van der Waals surface area contributed by atoms with Crippen molar-refractivity contribution in [3.05, 3.63) is 33.7 Å². The highest BCUT2D eigenvalue weighted by Crippen LogP contribution is 2.30. The van der Waals surface area contributed by atoms with Crippen molar-refractivity contribution in [1.82, 2.24) is 9.80 Å². The van der Waals surface area contributed by atoms with Crippen molar-refractivity contribution < 1.29 is 9.59 Å². The molecular weight excluding hydrogens is 336 g/mol. The molecular formula is C18H26N4O2S. The van der Waals surface area contributed by atoms with Crippen LogP contribution < -0.4 is 5.73 Å². The number of likely N-dealkylation sites (tertiary alicyclic amines) is 1. The molecule has 2 aliphatic heterocycles. The molecule has 3 rings (SSSR count). The maximum atomic E-state index is 11.6. The van der Waals surface area contributed by atoms with Gasteiger partial charge in [0.15, 0.2) is 0 Å². The molecule has 1 fully saturated rings. The molecule has 0 aliphatic carbocycles. The van der Waals surface area contributed by atoms with E-state index in [4.69, 9.17) is 5.73 Å². The molecule has 0 spiro atoms. The third kappa shape index (κ3) is 4.99. The molecule has 2 aliphatic rings. The fraction of sp³-hybridized carbons (Fsp3) is 0.500. The monoisotopic (exact) mass is 362 g/mol. The summed E-state index contributed by atoms with van der Waals surface area (Å²) in [6.45, 7) is 7.89. The number of hydrogen-bond donors (Lipinski definition) is 1. The van der Waals surface area contributed by atoms with Gasteiger partial charge in [-0.1, -0.05) is 6.92 Å². The van der Waals surface area contributed by atoms with Gasteiger partial charge >= 0.3 is 0 Å². The van der Waals surface area contributed by atoms with Crippen LogP contribution in [0, 0.1) is 13.8 Å². The van der Waals surface area contributed by atoms with Crippen LogP contribution in [0.15, 0.2) is 23.3 Å². The molecule has 1 unspecified atom stereocenters. The van der Waals surface area contributed by atoms with E-state index in [1.807, 2.05) is 18.0 Å². The van der Waals surface area contributed by atoms with Crippen LogP contribution in [-0.4, -0.2) is 47.6 Å². The lowest BCUT2D eigenvalue weighted by atomic mass is 10.1. The average Bonchev–Trinajstić information content (AvgIpc) is 3.08. The largest absolute Gasteiger partial charge is 0.338 e. The lowest BCUT2D eigenvalue weighted by Crippen LogP contribution is -2.36. The zero-order valence-corrected chi connectivity index (χ0v) is 15.9. The third-order valence-electron chi connectivity index (χ3n) is 3.97. The van der Waals surface area contributed by atoms with E-state index in [9.17, 15) is 9.59 Å². The number of imide groups is 1.